The lowest BCUT2D eigenvalue weighted by Crippen LogP contribution is -1.94. The summed E-state index contributed by atoms with van der Waals surface area (Å²) < 4.78 is 2.10. The van der Waals surface area contributed by atoms with Crippen molar-refractivity contribution in [2.45, 2.75) is 13.3 Å². The molecule has 0 amide bonds. The van der Waals surface area contributed by atoms with Gasteiger partial charge in [-0.05, 0) is 12.5 Å². The van der Waals surface area contributed by atoms with E-state index in [1.165, 1.54) is 0 Å². The van der Waals surface area contributed by atoms with Gasteiger partial charge < -0.3 is 0 Å². The number of hydrogen-bond acceptors (Lipinski definition) is 3. The Bertz CT molecular complexity index is 732. The highest BCUT2D eigenvalue weighted by molar-refractivity contribution is 7.15. The molecule has 0 saturated heterocycles. The molecule has 18 heavy (non-hydrogen) atoms. The van der Waals surface area contributed by atoms with E-state index < -0.39 is 0 Å². The quantitative estimate of drug-likeness (QED) is 0.702. The van der Waals surface area contributed by atoms with Gasteiger partial charge in [0, 0.05) is 5.38 Å². The molecule has 3 nitrogen and oxygen atoms in total. The van der Waals surface area contributed by atoms with Gasteiger partial charge in [-0.3, -0.25) is 4.40 Å². The Labute approximate surface area is 109 Å². The lowest BCUT2D eigenvalue weighted by atomic mass is 10.1. The maximum absolute atomic E-state index is 8.93. The first-order chi connectivity index (χ1) is 8.81. The fraction of sp³-hybridized carbons (Fsp3) is 0.143. The largest absolute Gasteiger partial charge is 0.286 e. The van der Waals surface area contributed by atoms with E-state index in [4.69, 9.17) is 5.26 Å². The van der Waals surface area contributed by atoms with Crippen LogP contribution in [0.25, 0.3) is 16.2 Å². The fourth-order valence-corrected chi connectivity index (χ4v) is 3.07. The van der Waals surface area contributed by atoms with Crippen LogP contribution in [0.4, 0.5) is 0 Å². The molecule has 0 aliphatic carbocycles. The van der Waals surface area contributed by atoms with Gasteiger partial charge in [0.2, 0.25) is 0 Å². The monoisotopic (exact) mass is 253 g/mol. The Balaban J connectivity index is 2.28. The molecule has 0 fully saturated rings. The zero-order chi connectivity index (χ0) is 12.5. The van der Waals surface area contributed by atoms with E-state index >= 15 is 0 Å². The van der Waals surface area contributed by atoms with Gasteiger partial charge in [-0.2, -0.15) is 5.26 Å². The number of thiazole rings is 1. The molecule has 0 radical (unpaired) electrons. The Morgan fingerprint density at radius 2 is 2.11 bits per heavy atom. The summed E-state index contributed by atoms with van der Waals surface area (Å²) in [4.78, 5) is 5.46. The molecule has 3 rings (SSSR count). The number of aryl methyl sites for hydroxylation is 1. The molecule has 3 aromatic rings. The van der Waals surface area contributed by atoms with Crippen molar-refractivity contribution < 1.29 is 0 Å². The smallest absolute Gasteiger partial charge is 0.194 e. The van der Waals surface area contributed by atoms with E-state index in [-0.39, 0.29) is 0 Å². The molecule has 2 aromatic heterocycles. The second-order valence-corrected chi connectivity index (χ2v) is 4.92. The first kappa shape index (κ1) is 11.0. The number of imidazole rings is 1. The Kier molecular flexibility index (Phi) is 2.62. The molecular weight excluding hydrogens is 242 g/mol. The number of aromatic nitrogens is 2. The summed E-state index contributed by atoms with van der Waals surface area (Å²) in [5.74, 6) is 0. The third-order valence-corrected chi connectivity index (χ3v) is 3.80. The zero-order valence-electron chi connectivity index (χ0n) is 9.92. The minimum atomic E-state index is 0.392. The van der Waals surface area contributed by atoms with Crippen molar-refractivity contribution in [2.75, 3.05) is 0 Å². The Morgan fingerprint density at radius 1 is 1.33 bits per heavy atom. The van der Waals surface area contributed by atoms with Gasteiger partial charge in [0.15, 0.2) is 4.96 Å². The van der Waals surface area contributed by atoms with Crippen LogP contribution < -0.4 is 0 Å². The van der Waals surface area contributed by atoms with Crippen LogP contribution in [0.3, 0.4) is 0 Å². The van der Waals surface area contributed by atoms with E-state index in [2.05, 4.69) is 33.0 Å². The summed E-state index contributed by atoms with van der Waals surface area (Å²) in [6.45, 7) is 1.96. The van der Waals surface area contributed by atoms with Gasteiger partial charge >= 0.3 is 0 Å². The summed E-state index contributed by atoms with van der Waals surface area (Å²) >= 11 is 1.61. The fourth-order valence-electron chi connectivity index (χ4n) is 2.11. The van der Waals surface area contributed by atoms with Crippen molar-refractivity contribution >= 4 is 16.3 Å². The van der Waals surface area contributed by atoms with Crippen molar-refractivity contribution in [1.29, 1.82) is 5.26 Å². The summed E-state index contributed by atoms with van der Waals surface area (Å²) in [6.07, 6.45) is 0.392. The number of nitriles is 1. The molecular formula is C14H11N3S. The van der Waals surface area contributed by atoms with Crippen LogP contribution in [-0.4, -0.2) is 9.38 Å². The van der Waals surface area contributed by atoms with Gasteiger partial charge in [0.05, 0.1) is 29.6 Å². The molecule has 1 aromatic carbocycles. The number of rotatable bonds is 2. The zero-order valence-corrected chi connectivity index (χ0v) is 10.7. The first-order valence-electron chi connectivity index (χ1n) is 5.69. The van der Waals surface area contributed by atoms with Crippen LogP contribution in [0.5, 0.6) is 0 Å². The van der Waals surface area contributed by atoms with E-state index in [9.17, 15) is 0 Å². The van der Waals surface area contributed by atoms with Crippen molar-refractivity contribution in [3.05, 3.63) is 47.1 Å². The maximum Gasteiger partial charge on any atom is 0.194 e. The van der Waals surface area contributed by atoms with Crippen LogP contribution in [-0.2, 0) is 6.42 Å². The van der Waals surface area contributed by atoms with Gasteiger partial charge in [-0.25, -0.2) is 4.98 Å². The number of nitrogens with zero attached hydrogens (tertiary/aromatic N) is 3. The van der Waals surface area contributed by atoms with Gasteiger partial charge in [-0.15, -0.1) is 11.3 Å². The predicted molar refractivity (Wildman–Crippen MR) is 72.6 cm³/mol. The summed E-state index contributed by atoms with van der Waals surface area (Å²) in [5.41, 5.74) is 4.20. The van der Waals surface area contributed by atoms with E-state index in [0.717, 1.165) is 27.6 Å². The van der Waals surface area contributed by atoms with Crippen LogP contribution >= 0.6 is 11.3 Å². The highest BCUT2D eigenvalue weighted by atomic mass is 32.1. The molecule has 88 valence electrons. The Morgan fingerprint density at radius 3 is 2.83 bits per heavy atom. The summed E-state index contributed by atoms with van der Waals surface area (Å²) in [6, 6.07) is 12.4. The molecule has 0 atom stereocenters. The average Bonchev–Trinajstić information content (AvgIpc) is 2.92. The molecule has 0 unspecified atom stereocenters. The third kappa shape index (κ3) is 1.60. The molecule has 0 saturated carbocycles. The standard InChI is InChI=1S/C14H11N3S/c1-10-12(7-8-15)17-13(9-18-14(17)16-10)11-5-3-2-4-6-11/h2-6,9H,7H2,1H3. The molecule has 0 aliphatic rings. The molecule has 4 heteroatoms. The van der Waals surface area contributed by atoms with Crippen molar-refractivity contribution in [3.8, 4) is 17.3 Å². The lowest BCUT2D eigenvalue weighted by molar-refractivity contribution is 1.05. The summed E-state index contributed by atoms with van der Waals surface area (Å²) in [5, 5.41) is 11.0. The topological polar surface area (TPSA) is 41.1 Å². The van der Waals surface area contributed by atoms with Crippen LogP contribution in [0, 0.1) is 18.3 Å². The highest BCUT2D eigenvalue weighted by Gasteiger charge is 2.14. The third-order valence-electron chi connectivity index (χ3n) is 2.98. The maximum atomic E-state index is 8.93. The van der Waals surface area contributed by atoms with Crippen LogP contribution in [0.2, 0.25) is 0 Å². The van der Waals surface area contributed by atoms with E-state index in [1.807, 2.05) is 25.1 Å². The summed E-state index contributed by atoms with van der Waals surface area (Å²) in [7, 11) is 0. The molecule has 0 bridgehead atoms. The van der Waals surface area contributed by atoms with Crippen LogP contribution in [0.15, 0.2) is 35.7 Å². The van der Waals surface area contributed by atoms with Gasteiger partial charge in [-0.1, -0.05) is 30.3 Å². The predicted octanol–water partition coefficient (Wildman–Crippen LogP) is 3.44. The minimum Gasteiger partial charge on any atom is -0.286 e. The van der Waals surface area contributed by atoms with E-state index in [1.54, 1.807) is 11.3 Å². The number of benzene rings is 1. The number of hydrogen-bond donors (Lipinski definition) is 0. The number of fused-ring (bicyclic) bond motifs is 1. The SMILES string of the molecule is Cc1nc2scc(-c3ccccc3)n2c1CC#N. The molecule has 0 aliphatic heterocycles. The van der Waals surface area contributed by atoms with Crippen molar-refractivity contribution in [2.24, 2.45) is 0 Å². The lowest BCUT2D eigenvalue weighted by Gasteiger charge is -2.02. The normalized spacial score (nSPS) is 10.7. The van der Waals surface area contributed by atoms with Crippen molar-refractivity contribution in [3.63, 3.8) is 0 Å². The molecule has 2 heterocycles. The Hall–Kier alpha value is -2.12. The minimum absolute atomic E-state index is 0.392. The van der Waals surface area contributed by atoms with E-state index in [0.29, 0.717) is 6.42 Å². The van der Waals surface area contributed by atoms with Gasteiger partial charge in [0.1, 0.15) is 0 Å². The van der Waals surface area contributed by atoms with Crippen molar-refractivity contribution in [1.82, 2.24) is 9.38 Å². The van der Waals surface area contributed by atoms with Gasteiger partial charge in [0.25, 0.3) is 0 Å². The molecule has 0 N–H and O–H groups in total. The first-order valence-corrected chi connectivity index (χ1v) is 6.57. The molecule has 0 spiro atoms. The average molecular weight is 253 g/mol. The second kappa shape index (κ2) is 4.28. The second-order valence-electron chi connectivity index (χ2n) is 4.08. The highest BCUT2D eigenvalue weighted by Crippen LogP contribution is 2.28. The van der Waals surface area contributed by atoms with Crippen LogP contribution in [0.1, 0.15) is 11.4 Å².